The van der Waals surface area contributed by atoms with Gasteiger partial charge in [0.2, 0.25) is 0 Å². The van der Waals surface area contributed by atoms with Gasteiger partial charge in [0, 0.05) is 25.4 Å². The second-order valence-electron chi connectivity index (χ2n) is 5.47. The maximum atomic E-state index is 11.9. The van der Waals surface area contributed by atoms with Gasteiger partial charge in [0.25, 0.3) is 5.91 Å². The van der Waals surface area contributed by atoms with Crippen LogP contribution in [0.15, 0.2) is 30.0 Å². The average molecular weight is 304 g/mol. The Labute approximate surface area is 128 Å². The number of aromatic nitrogens is 2. The van der Waals surface area contributed by atoms with Gasteiger partial charge in [-0.2, -0.15) is 5.10 Å². The molecule has 2 aliphatic rings. The highest BCUT2D eigenvalue weighted by Gasteiger charge is 2.26. The molecule has 2 N–H and O–H groups in total. The number of anilines is 1. The van der Waals surface area contributed by atoms with E-state index in [1.165, 1.54) is 0 Å². The molecule has 0 aromatic carbocycles. The monoisotopic (exact) mass is 304 g/mol. The summed E-state index contributed by atoms with van der Waals surface area (Å²) in [5.41, 5.74) is 2.12. The van der Waals surface area contributed by atoms with Crippen LogP contribution in [0.2, 0.25) is 0 Å². The Balaban J connectivity index is 1.89. The number of rotatable bonds is 3. The molecule has 0 radical (unpaired) electrons. The van der Waals surface area contributed by atoms with E-state index in [0.717, 1.165) is 17.1 Å². The van der Waals surface area contributed by atoms with Crippen LogP contribution in [0.5, 0.6) is 0 Å². The van der Waals surface area contributed by atoms with Crippen LogP contribution in [-0.4, -0.2) is 59.7 Å². The largest absolute Gasteiger partial charge is 0.394 e. The third-order valence-electron chi connectivity index (χ3n) is 4.06. The Kier molecular flexibility index (Phi) is 4.00. The molecule has 1 aromatic heterocycles. The minimum atomic E-state index is -0.112. The molecule has 1 unspecified atom stereocenters. The predicted octanol–water partition coefficient (Wildman–Crippen LogP) is -0.00240. The van der Waals surface area contributed by atoms with Gasteiger partial charge in [0.15, 0.2) is 5.82 Å². The number of aliphatic hydroxyl groups excluding tert-OH is 1. The summed E-state index contributed by atoms with van der Waals surface area (Å²) in [6.45, 7) is 8.05. The Morgan fingerprint density at radius 1 is 1.64 bits per heavy atom. The molecule has 1 atom stereocenters. The van der Waals surface area contributed by atoms with Gasteiger partial charge in [-0.05, 0) is 12.5 Å². The molecule has 118 valence electrons. The van der Waals surface area contributed by atoms with Gasteiger partial charge < -0.3 is 20.1 Å². The lowest BCUT2D eigenvalue weighted by Crippen LogP contribution is -2.47. The van der Waals surface area contributed by atoms with Crippen molar-refractivity contribution in [1.29, 1.82) is 0 Å². The second kappa shape index (κ2) is 5.94. The first kappa shape index (κ1) is 14.8. The first-order chi connectivity index (χ1) is 10.6. The van der Waals surface area contributed by atoms with Crippen molar-refractivity contribution in [2.75, 3.05) is 37.8 Å². The number of hydrogen-bond acceptors (Lipinski definition) is 5. The van der Waals surface area contributed by atoms with E-state index in [1.807, 2.05) is 24.1 Å². The fourth-order valence-electron chi connectivity index (χ4n) is 2.82. The number of morpholine rings is 1. The molecule has 7 nitrogen and oxygen atoms in total. The van der Waals surface area contributed by atoms with Crippen molar-refractivity contribution in [2.24, 2.45) is 0 Å². The number of nitrogens with one attached hydrogen (secondary N) is 1. The van der Waals surface area contributed by atoms with Crippen molar-refractivity contribution < 1.29 is 14.6 Å². The first-order valence-electron chi connectivity index (χ1n) is 7.30. The van der Waals surface area contributed by atoms with E-state index >= 15 is 0 Å². The normalized spacial score (nSPS) is 24.6. The van der Waals surface area contributed by atoms with Gasteiger partial charge in [0.1, 0.15) is 0 Å². The molecule has 2 saturated heterocycles. The van der Waals surface area contributed by atoms with E-state index in [2.05, 4.69) is 17.0 Å². The van der Waals surface area contributed by atoms with Crippen molar-refractivity contribution >= 4 is 17.4 Å². The lowest BCUT2D eigenvalue weighted by Gasteiger charge is -2.34. The van der Waals surface area contributed by atoms with Crippen molar-refractivity contribution in [3.05, 3.63) is 30.0 Å². The zero-order chi connectivity index (χ0) is 15.7. The fraction of sp³-hybridized carbons (Fsp3) is 0.467. The minimum Gasteiger partial charge on any atom is -0.394 e. The summed E-state index contributed by atoms with van der Waals surface area (Å²) in [5.74, 6) is 0.658. The van der Waals surface area contributed by atoms with Crippen molar-refractivity contribution in [3.63, 3.8) is 0 Å². The number of ether oxygens (including phenoxy) is 1. The topological polar surface area (TPSA) is 79.6 Å². The summed E-state index contributed by atoms with van der Waals surface area (Å²) < 4.78 is 7.06. The Morgan fingerprint density at radius 2 is 2.45 bits per heavy atom. The van der Waals surface area contributed by atoms with Gasteiger partial charge in [-0.3, -0.25) is 4.79 Å². The summed E-state index contributed by atoms with van der Waals surface area (Å²) in [6, 6.07) is 1.79. The predicted molar refractivity (Wildman–Crippen MR) is 82.3 cm³/mol. The molecule has 3 rings (SSSR count). The zero-order valence-electron chi connectivity index (χ0n) is 12.6. The van der Waals surface area contributed by atoms with Crippen LogP contribution in [0.25, 0.3) is 5.70 Å². The molecule has 2 fully saturated rings. The highest BCUT2D eigenvalue weighted by Crippen LogP contribution is 2.23. The summed E-state index contributed by atoms with van der Waals surface area (Å²) in [6.07, 6.45) is 1.82. The first-order valence-corrected chi connectivity index (χ1v) is 7.30. The minimum absolute atomic E-state index is 0.0200. The molecule has 0 aliphatic carbocycles. The smallest absolute Gasteiger partial charge is 0.253 e. The molecule has 1 amide bonds. The Bertz CT molecular complexity index is 616. The molecule has 2 aliphatic heterocycles. The molecule has 0 spiro atoms. The van der Waals surface area contributed by atoms with E-state index in [1.54, 1.807) is 4.68 Å². The number of nitrogens with zero attached hydrogens (tertiary/aromatic N) is 3. The van der Waals surface area contributed by atoms with Crippen molar-refractivity contribution in [3.8, 4) is 0 Å². The van der Waals surface area contributed by atoms with Gasteiger partial charge in [0.05, 0.1) is 37.1 Å². The Hall–Kier alpha value is -2.12. The third-order valence-corrected chi connectivity index (χ3v) is 4.06. The van der Waals surface area contributed by atoms with Gasteiger partial charge >= 0.3 is 0 Å². The number of aliphatic hydroxyl groups is 1. The van der Waals surface area contributed by atoms with Crippen LogP contribution in [0.3, 0.4) is 0 Å². The number of amides is 1. The Morgan fingerprint density at radius 3 is 3.14 bits per heavy atom. The van der Waals surface area contributed by atoms with Gasteiger partial charge in [-0.1, -0.05) is 6.58 Å². The highest BCUT2D eigenvalue weighted by molar-refractivity contribution is 6.05. The van der Waals surface area contributed by atoms with Crippen molar-refractivity contribution in [2.45, 2.75) is 13.0 Å². The summed E-state index contributed by atoms with van der Waals surface area (Å²) in [5, 5.41) is 16.8. The molecule has 3 heterocycles. The molecule has 0 saturated carbocycles. The van der Waals surface area contributed by atoms with Crippen molar-refractivity contribution in [1.82, 2.24) is 15.1 Å². The van der Waals surface area contributed by atoms with Crippen LogP contribution in [0.1, 0.15) is 6.92 Å². The number of carbonyl (C=O) groups excluding carboxylic acids is 1. The van der Waals surface area contributed by atoms with Crippen LogP contribution in [-0.2, 0) is 9.53 Å². The van der Waals surface area contributed by atoms with E-state index in [-0.39, 0.29) is 18.6 Å². The quantitative estimate of drug-likeness (QED) is 0.768. The second-order valence-corrected chi connectivity index (χ2v) is 5.47. The highest BCUT2D eigenvalue weighted by atomic mass is 16.5. The summed E-state index contributed by atoms with van der Waals surface area (Å²) >= 11 is 0. The number of carbonyl (C=O) groups is 1. The van der Waals surface area contributed by atoms with E-state index < -0.39 is 0 Å². The molecular formula is C15H20N4O3. The number of allylic oxidation sites excluding steroid dienone is 1. The van der Waals surface area contributed by atoms with Gasteiger partial charge in [-0.15, -0.1) is 0 Å². The maximum Gasteiger partial charge on any atom is 0.253 e. The lowest BCUT2D eigenvalue weighted by atomic mass is 10.1. The van der Waals surface area contributed by atoms with Gasteiger partial charge in [-0.25, -0.2) is 4.68 Å². The van der Waals surface area contributed by atoms with Crippen LogP contribution >= 0.6 is 0 Å². The molecule has 0 bridgehead atoms. The number of hydrogen-bond donors (Lipinski definition) is 2. The average Bonchev–Trinajstić information content (AvgIpc) is 3.14. The molecular weight excluding hydrogens is 284 g/mol. The summed E-state index contributed by atoms with van der Waals surface area (Å²) in [7, 11) is 0. The zero-order valence-corrected chi connectivity index (χ0v) is 12.6. The standard InChI is InChI=1S/C15H20N4O3/c1-10-7-16-15(21)14(10)11(2)19-4-3-13(17-19)18-5-6-22-9-12(18)8-20/h3-4,12,20H,1,5-9H2,2H3,(H,16,21)/b14-11-. The SMILES string of the molecule is C=C1CNC(=O)/C1=C(/C)n1ccc(N2CCOCC2CO)n1. The summed E-state index contributed by atoms with van der Waals surface area (Å²) in [4.78, 5) is 13.9. The molecule has 7 heteroatoms. The third kappa shape index (κ3) is 2.53. The van der Waals surface area contributed by atoms with E-state index in [4.69, 9.17) is 4.74 Å². The van der Waals surface area contributed by atoms with Crippen LogP contribution in [0.4, 0.5) is 5.82 Å². The maximum absolute atomic E-state index is 11.9. The van der Waals surface area contributed by atoms with E-state index in [9.17, 15) is 9.90 Å². The molecule has 1 aromatic rings. The fourth-order valence-corrected chi connectivity index (χ4v) is 2.82. The van der Waals surface area contributed by atoms with Crippen LogP contribution in [0, 0.1) is 0 Å². The molecule has 22 heavy (non-hydrogen) atoms. The van der Waals surface area contributed by atoms with E-state index in [0.29, 0.717) is 31.9 Å². The van der Waals surface area contributed by atoms with Crippen LogP contribution < -0.4 is 10.2 Å². The lowest BCUT2D eigenvalue weighted by molar-refractivity contribution is -0.116.